The number of hydrogen-bond acceptors (Lipinski definition) is 2. The van der Waals surface area contributed by atoms with E-state index < -0.39 is 0 Å². The molecule has 1 aromatic heterocycles. The van der Waals surface area contributed by atoms with Gasteiger partial charge in [0.15, 0.2) is 0 Å². The van der Waals surface area contributed by atoms with Crippen molar-refractivity contribution >= 4 is 26.8 Å². The van der Waals surface area contributed by atoms with E-state index in [0.29, 0.717) is 13.1 Å². The maximum Gasteiger partial charge on any atom is 0.0845 e. The molecule has 0 radical (unpaired) electrons. The first-order valence-corrected chi connectivity index (χ1v) is 6.85. The lowest BCUT2D eigenvalue weighted by Crippen LogP contribution is -2.29. The molecule has 1 unspecified atom stereocenters. The normalized spacial score (nSPS) is 13.4. The molecule has 18 heavy (non-hydrogen) atoms. The maximum absolute atomic E-state index is 10.1. The molecule has 1 aromatic carbocycles. The Balaban J connectivity index is 2.30. The largest absolute Gasteiger partial charge is 0.390 e. The van der Waals surface area contributed by atoms with Crippen molar-refractivity contribution in [1.29, 1.82) is 0 Å². The number of rotatable bonds is 4. The highest BCUT2D eigenvalue weighted by atomic mass is 79.9. The fraction of sp³-hybridized carbons (Fsp3) is 0.429. The molecule has 0 aliphatic carbocycles. The number of aromatic nitrogens is 1. The molecule has 1 heterocycles. The Morgan fingerprint density at radius 1 is 1.33 bits per heavy atom. The van der Waals surface area contributed by atoms with Crippen LogP contribution < -0.4 is 0 Å². The Bertz CT molecular complexity index is 548. The van der Waals surface area contributed by atoms with Crippen molar-refractivity contribution in [2.75, 3.05) is 20.6 Å². The molecule has 0 saturated heterocycles. The quantitative estimate of drug-likeness (QED) is 0.940. The standard InChI is InChI=1S/C14H19BrN2O/c1-10-6-11-7-12(15)4-5-14(11)17(10)9-13(18)8-16(2)3/h4-7,13,18H,8-9H2,1-3H3. The van der Waals surface area contributed by atoms with Crippen molar-refractivity contribution in [2.45, 2.75) is 19.6 Å². The first-order valence-electron chi connectivity index (χ1n) is 6.05. The average molecular weight is 311 g/mol. The highest BCUT2D eigenvalue weighted by Gasteiger charge is 2.11. The third-order valence-electron chi connectivity index (χ3n) is 3.04. The third-order valence-corrected chi connectivity index (χ3v) is 3.53. The van der Waals surface area contributed by atoms with Crippen LogP contribution in [0.1, 0.15) is 5.69 Å². The smallest absolute Gasteiger partial charge is 0.0845 e. The van der Waals surface area contributed by atoms with Gasteiger partial charge in [-0.2, -0.15) is 0 Å². The van der Waals surface area contributed by atoms with Crippen molar-refractivity contribution in [2.24, 2.45) is 0 Å². The molecule has 0 aliphatic heterocycles. The summed E-state index contributed by atoms with van der Waals surface area (Å²) >= 11 is 3.48. The van der Waals surface area contributed by atoms with E-state index in [1.807, 2.05) is 25.1 Å². The fourth-order valence-electron chi connectivity index (χ4n) is 2.31. The Kier molecular flexibility index (Phi) is 4.10. The summed E-state index contributed by atoms with van der Waals surface area (Å²) in [5.74, 6) is 0. The van der Waals surface area contributed by atoms with E-state index in [0.717, 1.165) is 4.47 Å². The molecule has 0 fully saturated rings. The number of halogens is 1. The van der Waals surface area contributed by atoms with Gasteiger partial charge in [0.25, 0.3) is 0 Å². The molecule has 0 aliphatic rings. The minimum absolute atomic E-state index is 0.349. The molecule has 0 saturated carbocycles. The summed E-state index contributed by atoms with van der Waals surface area (Å²) in [6.07, 6.45) is -0.349. The monoisotopic (exact) mass is 310 g/mol. The minimum atomic E-state index is -0.349. The second-order valence-corrected chi connectivity index (χ2v) is 5.93. The van der Waals surface area contributed by atoms with Crippen molar-refractivity contribution in [1.82, 2.24) is 9.47 Å². The Morgan fingerprint density at radius 3 is 2.72 bits per heavy atom. The summed E-state index contributed by atoms with van der Waals surface area (Å²) in [7, 11) is 3.95. The SMILES string of the molecule is Cc1cc2cc(Br)ccc2n1CC(O)CN(C)C. The molecule has 2 aromatic rings. The van der Waals surface area contributed by atoms with Crippen molar-refractivity contribution in [3.63, 3.8) is 0 Å². The highest BCUT2D eigenvalue weighted by Crippen LogP contribution is 2.23. The summed E-state index contributed by atoms with van der Waals surface area (Å²) < 4.78 is 3.26. The van der Waals surface area contributed by atoms with Crippen LogP contribution in [-0.4, -0.2) is 41.3 Å². The van der Waals surface area contributed by atoms with Gasteiger partial charge in [0.2, 0.25) is 0 Å². The van der Waals surface area contributed by atoms with E-state index in [4.69, 9.17) is 0 Å². The number of nitrogens with zero attached hydrogens (tertiary/aromatic N) is 2. The van der Waals surface area contributed by atoms with Crippen molar-refractivity contribution < 1.29 is 5.11 Å². The summed E-state index contributed by atoms with van der Waals surface area (Å²) in [5.41, 5.74) is 2.36. The second kappa shape index (κ2) is 5.43. The van der Waals surface area contributed by atoms with E-state index in [1.54, 1.807) is 0 Å². The van der Waals surface area contributed by atoms with Crippen LogP contribution in [-0.2, 0) is 6.54 Å². The summed E-state index contributed by atoms with van der Waals surface area (Å²) in [4.78, 5) is 2.00. The molecule has 1 N–H and O–H groups in total. The minimum Gasteiger partial charge on any atom is -0.390 e. The fourth-order valence-corrected chi connectivity index (χ4v) is 2.69. The Morgan fingerprint density at radius 2 is 2.06 bits per heavy atom. The molecule has 0 bridgehead atoms. The van der Waals surface area contributed by atoms with Crippen molar-refractivity contribution in [3.8, 4) is 0 Å². The van der Waals surface area contributed by atoms with Gasteiger partial charge in [-0.3, -0.25) is 0 Å². The van der Waals surface area contributed by atoms with Crippen LogP contribution in [0, 0.1) is 6.92 Å². The summed E-state index contributed by atoms with van der Waals surface area (Å²) in [6, 6.07) is 8.39. The van der Waals surface area contributed by atoms with E-state index >= 15 is 0 Å². The molecule has 1 atom stereocenters. The van der Waals surface area contributed by atoms with E-state index in [2.05, 4.69) is 45.6 Å². The van der Waals surface area contributed by atoms with Crippen LogP contribution in [0.25, 0.3) is 10.9 Å². The highest BCUT2D eigenvalue weighted by molar-refractivity contribution is 9.10. The van der Waals surface area contributed by atoms with Crippen LogP contribution in [0.4, 0.5) is 0 Å². The van der Waals surface area contributed by atoms with Crippen LogP contribution >= 0.6 is 15.9 Å². The Labute approximate surface area is 116 Å². The van der Waals surface area contributed by atoms with Crippen LogP contribution in [0.3, 0.4) is 0 Å². The van der Waals surface area contributed by atoms with E-state index in [9.17, 15) is 5.11 Å². The van der Waals surface area contributed by atoms with Crippen LogP contribution in [0.2, 0.25) is 0 Å². The topological polar surface area (TPSA) is 28.4 Å². The number of aliphatic hydroxyl groups excluding tert-OH is 1. The molecule has 3 nitrogen and oxygen atoms in total. The summed E-state index contributed by atoms with van der Waals surface area (Å²) in [5, 5.41) is 11.3. The molecular weight excluding hydrogens is 292 g/mol. The lowest BCUT2D eigenvalue weighted by molar-refractivity contribution is 0.120. The summed E-state index contributed by atoms with van der Waals surface area (Å²) in [6.45, 7) is 3.39. The first-order chi connectivity index (χ1) is 8.47. The molecule has 4 heteroatoms. The number of aryl methyl sites for hydroxylation is 1. The van der Waals surface area contributed by atoms with Gasteiger partial charge >= 0.3 is 0 Å². The van der Waals surface area contributed by atoms with Gasteiger partial charge in [-0.15, -0.1) is 0 Å². The maximum atomic E-state index is 10.1. The van der Waals surface area contributed by atoms with Crippen LogP contribution in [0.5, 0.6) is 0 Å². The lowest BCUT2D eigenvalue weighted by Gasteiger charge is -2.18. The molecule has 0 amide bonds. The second-order valence-electron chi connectivity index (χ2n) is 5.02. The van der Waals surface area contributed by atoms with E-state index in [1.165, 1.54) is 16.6 Å². The van der Waals surface area contributed by atoms with E-state index in [-0.39, 0.29) is 6.10 Å². The van der Waals surface area contributed by atoms with Crippen molar-refractivity contribution in [3.05, 3.63) is 34.4 Å². The number of benzene rings is 1. The average Bonchev–Trinajstić information content (AvgIpc) is 2.53. The van der Waals surface area contributed by atoms with Gasteiger partial charge in [0.1, 0.15) is 0 Å². The predicted molar refractivity (Wildman–Crippen MR) is 78.9 cm³/mol. The van der Waals surface area contributed by atoms with Gasteiger partial charge in [-0.05, 0) is 45.3 Å². The van der Waals surface area contributed by atoms with Gasteiger partial charge in [-0.25, -0.2) is 0 Å². The van der Waals surface area contributed by atoms with Gasteiger partial charge in [0.05, 0.1) is 12.6 Å². The molecule has 0 spiro atoms. The van der Waals surface area contributed by atoms with Gasteiger partial charge < -0.3 is 14.6 Å². The molecule has 98 valence electrons. The number of likely N-dealkylation sites (N-methyl/N-ethyl adjacent to an activating group) is 1. The number of fused-ring (bicyclic) bond motifs is 1. The lowest BCUT2D eigenvalue weighted by atomic mass is 10.2. The number of aliphatic hydroxyl groups is 1. The molecule has 2 rings (SSSR count). The van der Waals surface area contributed by atoms with Gasteiger partial charge in [-0.1, -0.05) is 15.9 Å². The zero-order valence-electron chi connectivity index (χ0n) is 11.0. The van der Waals surface area contributed by atoms with Gasteiger partial charge in [0, 0.05) is 27.6 Å². The zero-order valence-corrected chi connectivity index (χ0v) is 12.6. The molecular formula is C14H19BrN2O. The first kappa shape index (κ1) is 13.6. The zero-order chi connectivity index (χ0) is 13.3. The predicted octanol–water partition coefficient (Wildman–Crippen LogP) is 2.63. The Hall–Kier alpha value is -0.840. The van der Waals surface area contributed by atoms with Crippen LogP contribution in [0.15, 0.2) is 28.7 Å². The third kappa shape index (κ3) is 2.94. The number of hydrogen-bond donors (Lipinski definition) is 1.